The summed E-state index contributed by atoms with van der Waals surface area (Å²) in [7, 11) is 0. The van der Waals surface area contributed by atoms with E-state index >= 15 is 0 Å². The molecule has 0 aliphatic heterocycles. The lowest BCUT2D eigenvalue weighted by molar-refractivity contribution is -0.0388. The molecule has 7 nitrogen and oxygen atoms in total. The van der Waals surface area contributed by atoms with Crippen LogP contribution in [-0.2, 0) is 0 Å². The summed E-state index contributed by atoms with van der Waals surface area (Å²) < 4.78 is 5.48. The SMILES string of the molecule is O=C(NCCC1(O)CCC1)Nc1ccc(Oc2ncccn2)cc1. The number of ether oxygens (including phenoxy) is 1. The molecule has 1 saturated carbocycles. The number of hydrogen-bond acceptors (Lipinski definition) is 5. The van der Waals surface area contributed by atoms with Crippen LogP contribution >= 0.6 is 0 Å². The summed E-state index contributed by atoms with van der Waals surface area (Å²) in [5, 5.41) is 15.5. The summed E-state index contributed by atoms with van der Waals surface area (Å²) >= 11 is 0. The van der Waals surface area contributed by atoms with Crippen molar-refractivity contribution >= 4 is 11.7 Å². The van der Waals surface area contributed by atoms with Gasteiger partial charge in [-0.25, -0.2) is 14.8 Å². The predicted octanol–water partition coefficient (Wildman–Crippen LogP) is 2.70. The minimum Gasteiger partial charge on any atom is -0.424 e. The van der Waals surface area contributed by atoms with E-state index in [0.29, 0.717) is 24.4 Å². The lowest BCUT2D eigenvalue weighted by Crippen LogP contribution is -2.41. The van der Waals surface area contributed by atoms with Crippen LogP contribution in [-0.4, -0.2) is 33.3 Å². The molecule has 1 fully saturated rings. The topological polar surface area (TPSA) is 96.4 Å². The fourth-order valence-corrected chi connectivity index (χ4v) is 2.47. The summed E-state index contributed by atoms with van der Waals surface area (Å²) in [5.41, 5.74) is 0.0716. The fourth-order valence-electron chi connectivity index (χ4n) is 2.47. The Morgan fingerprint density at radius 1 is 1.21 bits per heavy atom. The lowest BCUT2D eigenvalue weighted by atomic mass is 9.78. The maximum atomic E-state index is 11.8. The molecule has 1 aromatic carbocycles. The van der Waals surface area contributed by atoms with Gasteiger partial charge in [0, 0.05) is 24.6 Å². The molecule has 1 aliphatic rings. The smallest absolute Gasteiger partial charge is 0.321 e. The Morgan fingerprint density at radius 3 is 2.54 bits per heavy atom. The second kappa shape index (κ2) is 7.27. The quantitative estimate of drug-likeness (QED) is 0.757. The van der Waals surface area contributed by atoms with Gasteiger partial charge in [0.25, 0.3) is 0 Å². The van der Waals surface area contributed by atoms with Gasteiger partial charge < -0.3 is 20.5 Å². The number of anilines is 1. The average Bonchev–Trinajstić information content (AvgIpc) is 2.56. The Kier molecular flexibility index (Phi) is 4.90. The maximum absolute atomic E-state index is 11.8. The van der Waals surface area contributed by atoms with Crippen molar-refractivity contribution in [2.24, 2.45) is 0 Å². The van der Waals surface area contributed by atoms with Crippen LogP contribution in [0.25, 0.3) is 0 Å². The number of amides is 2. The van der Waals surface area contributed by atoms with Crippen molar-refractivity contribution < 1.29 is 14.6 Å². The molecule has 7 heteroatoms. The third-order valence-corrected chi connectivity index (χ3v) is 4.02. The molecule has 2 amide bonds. The van der Waals surface area contributed by atoms with Crippen LogP contribution < -0.4 is 15.4 Å². The second-order valence-electron chi connectivity index (χ2n) is 5.87. The number of benzene rings is 1. The third kappa shape index (κ3) is 4.42. The number of nitrogens with one attached hydrogen (secondary N) is 2. The van der Waals surface area contributed by atoms with Crippen molar-refractivity contribution in [2.75, 3.05) is 11.9 Å². The summed E-state index contributed by atoms with van der Waals surface area (Å²) in [6.07, 6.45) is 6.49. The number of hydrogen-bond donors (Lipinski definition) is 3. The van der Waals surface area contributed by atoms with Crippen LogP contribution in [0.15, 0.2) is 42.7 Å². The number of nitrogens with zero attached hydrogens (tertiary/aromatic N) is 2. The second-order valence-corrected chi connectivity index (χ2v) is 5.87. The molecule has 1 aliphatic carbocycles. The van der Waals surface area contributed by atoms with E-state index in [4.69, 9.17) is 4.74 Å². The van der Waals surface area contributed by atoms with E-state index in [2.05, 4.69) is 20.6 Å². The molecule has 3 rings (SSSR count). The molecule has 0 bridgehead atoms. The van der Waals surface area contributed by atoms with Gasteiger partial charge in [0.1, 0.15) is 5.75 Å². The standard InChI is InChI=1S/C17H20N4O3/c22-15(18-12-9-17(23)7-1-8-17)21-13-3-5-14(6-4-13)24-16-19-10-2-11-20-16/h2-6,10-11,23H,1,7-9,12H2,(H2,18,21,22). The van der Waals surface area contributed by atoms with Gasteiger partial charge in [-0.2, -0.15) is 0 Å². The van der Waals surface area contributed by atoms with E-state index in [1.54, 1.807) is 42.7 Å². The van der Waals surface area contributed by atoms with Gasteiger partial charge in [-0.15, -0.1) is 0 Å². The molecular formula is C17H20N4O3. The molecular weight excluding hydrogens is 308 g/mol. The molecule has 24 heavy (non-hydrogen) atoms. The van der Waals surface area contributed by atoms with Gasteiger partial charge in [-0.1, -0.05) is 0 Å². The molecule has 0 unspecified atom stereocenters. The summed E-state index contributed by atoms with van der Waals surface area (Å²) in [4.78, 5) is 19.8. The summed E-state index contributed by atoms with van der Waals surface area (Å²) in [6, 6.07) is 8.60. The Balaban J connectivity index is 1.44. The summed E-state index contributed by atoms with van der Waals surface area (Å²) in [6.45, 7) is 0.453. The van der Waals surface area contributed by atoms with Gasteiger partial charge in [0.15, 0.2) is 0 Å². The zero-order valence-corrected chi connectivity index (χ0v) is 13.2. The van der Waals surface area contributed by atoms with Gasteiger partial charge >= 0.3 is 12.0 Å². The Bertz CT molecular complexity index is 672. The van der Waals surface area contributed by atoms with E-state index < -0.39 is 5.60 Å². The van der Waals surface area contributed by atoms with Gasteiger partial charge in [-0.3, -0.25) is 0 Å². The zero-order chi connectivity index (χ0) is 16.8. The van der Waals surface area contributed by atoms with Crippen LogP contribution in [0.1, 0.15) is 25.7 Å². The maximum Gasteiger partial charge on any atom is 0.321 e. The largest absolute Gasteiger partial charge is 0.424 e. The Hall–Kier alpha value is -2.67. The normalized spacial score (nSPS) is 15.2. The molecule has 2 aromatic rings. The molecule has 1 aromatic heterocycles. The van der Waals surface area contributed by atoms with Gasteiger partial charge in [0.2, 0.25) is 0 Å². The fraction of sp³-hybridized carbons (Fsp3) is 0.353. The highest BCUT2D eigenvalue weighted by molar-refractivity contribution is 5.89. The van der Waals surface area contributed by atoms with Crippen LogP contribution in [0.5, 0.6) is 11.8 Å². The van der Waals surface area contributed by atoms with Crippen molar-refractivity contribution in [1.82, 2.24) is 15.3 Å². The van der Waals surface area contributed by atoms with Crippen LogP contribution in [0, 0.1) is 0 Å². The average molecular weight is 328 g/mol. The van der Waals surface area contributed by atoms with Gasteiger partial charge in [0.05, 0.1) is 5.60 Å². The van der Waals surface area contributed by atoms with Gasteiger partial charge in [-0.05, 0) is 56.0 Å². The number of urea groups is 1. The van der Waals surface area contributed by atoms with E-state index in [1.807, 2.05) is 0 Å². The van der Waals surface area contributed by atoms with E-state index in [0.717, 1.165) is 19.3 Å². The van der Waals surface area contributed by atoms with Crippen LogP contribution in [0.4, 0.5) is 10.5 Å². The molecule has 0 atom stereocenters. The number of carbonyl (C=O) groups excluding carboxylic acids is 1. The number of aromatic nitrogens is 2. The number of rotatable bonds is 6. The van der Waals surface area contributed by atoms with E-state index in [1.165, 1.54) is 0 Å². The van der Waals surface area contributed by atoms with Crippen LogP contribution in [0.3, 0.4) is 0 Å². The first-order chi connectivity index (χ1) is 11.6. The molecule has 0 saturated heterocycles. The zero-order valence-electron chi connectivity index (χ0n) is 13.2. The van der Waals surface area contributed by atoms with Crippen molar-refractivity contribution in [3.63, 3.8) is 0 Å². The minimum absolute atomic E-state index is 0.268. The van der Waals surface area contributed by atoms with Crippen molar-refractivity contribution in [3.05, 3.63) is 42.7 Å². The monoisotopic (exact) mass is 328 g/mol. The van der Waals surface area contributed by atoms with E-state index in [9.17, 15) is 9.90 Å². The molecule has 0 spiro atoms. The minimum atomic E-state index is -0.578. The molecule has 0 radical (unpaired) electrons. The first kappa shape index (κ1) is 16.2. The predicted molar refractivity (Wildman–Crippen MR) is 89.0 cm³/mol. The first-order valence-electron chi connectivity index (χ1n) is 7.95. The van der Waals surface area contributed by atoms with Crippen LogP contribution in [0.2, 0.25) is 0 Å². The van der Waals surface area contributed by atoms with Crippen molar-refractivity contribution in [2.45, 2.75) is 31.3 Å². The number of aliphatic hydroxyl groups is 1. The lowest BCUT2D eigenvalue weighted by Gasteiger charge is -2.36. The Morgan fingerprint density at radius 2 is 1.92 bits per heavy atom. The van der Waals surface area contributed by atoms with Crippen molar-refractivity contribution in [1.29, 1.82) is 0 Å². The first-order valence-corrected chi connectivity index (χ1v) is 7.95. The summed E-state index contributed by atoms with van der Waals surface area (Å²) in [5.74, 6) is 0.583. The van der Waals surface area contributed by atoms with E-state index in [-0.39, 0.29) is 12.0 Å². The Labute approximate surface area is 140 Å². The molecule has 1 heterocycles. The highest BCUT2D eigenvalue weighted by atomic mass is 16.5. The highest BCUT2D eigenvalue weighted by Crippen LogP contribution is 2.34. The third-order valence-electron chi connectivity index (χ3n) is 4.02. The number of carbonyl (C=O) groups is 1. The van der Waals surface area contributed by atoms with Crippen molar-refractivity contribution in [3.8, 4) is 11.8 Å². The highest BCUT2D eigenvalue weighted by Gasteiger charge is 2.33. The molecule has 3 N–H and O–H groups in total. The molecule has 126 valence electrons.